The van der Waals surface area contributed by atoms with E-state index < -0.39 is 11.6 Å². The number of nitrogens with zero attached hydrogens (tertiary/aromatic N) is 3. The maximum Gasteiger partial charge on any atom is 0.325 e. The number of nitriles is 1. The van der Waals surface area contributed by atoms with Crippen LogP contribution in [0.4, 0.5) is 10.5 Å². The van der Waals surface area contributed by atoms with Crippen molar-refractivity contribution in [1.82, 2.24) is 10.2 Å². The lowest BCUT2D eigenvalue weighted by Gasteiger charge is -2.30. The van der Waals surface area contributed by atoms with Gasteiger partial charge in [-0.15, -0.1) is 0 Å². The summed E-state index contributed by atoms with van der Waals surface area (Å²) >= 11 is 0. The van der Waals surface area contributed by atoms with Crippen LogP contribution >= 0.6 is 0 Å². The van der Waals surface area contributed by atoms with Gasteiger partial charge in [-0.05, 0) is 44.0 Å². The topological polar surface area (TPSA) is 103 Å². The number of carbonyl (C=O) groups excluding carboxylic acids is 3. The van der Waals surface area contributed by atoms with Gasteiger partial charge < -0.3 is 15.0 Å². The molecule has 1 aliphatic carbocycles. The monoisotopic (exact) mass is 412 g/mol. The Labute approximate surface area is 176 Å². The number of anilines is 1. The van der Waals surface area contributed by atoms with Crippen molar-refractivity contribution in [3.8, 4) is 11.8 Å². The number of hydrogen-bond acceptors (Lipinski definition) is 5. The molecule has 2 aliphatic rings. The standard InChI is InChI=1S/C22H28N4O4/c1-2-30-18-9-7-17(8-10-18)25(15-6-14-23)19(27)11-16-26-20(28)22(24-21(26)29)12-4-3-5-13-22/h7-10H,2-6,11-13,15-16H2,1H3,(H,24,29). The zero-order chi connectivity index (χ0) is 21.6. The molecule has 4 amide bonds. The lowest BCUT2D eigenvalue weighted by molar-refractivity contribution is -0.132. The third-order valence-electron chi connectivity index (χ3n) is 5.71. The number of benzene rings is 1. The first-order chi connectivity index (χ1) is 14.5. The Morgan fingerprint density at radius 2 is 1.93 bits per heavy atom. The van der Waals surface area contributed by atoms with Crippen molar-refractivity contribution in [2.75, 3.05) is 24.6 Å². The Balaban J connectivity index is 1.66. The minimum atomic E-state index is -0.784. The molecule has 1 saturated heterocycles. The number of ether oxygens (including phenoxy) is 1. The van der Waals surface area contributed by atoms with E-state index in [1.807, 2.05) is 6.92 Å². The molecular formula is C22H28N4O4. The molecule has 1 heterocycles. The van der Waals surface area contributed by atoms with E-state index in [0.29, 0.717) is 30.9 Å². The van der Waals surface area contributed by atoms with Gasteiger partial charge in [0.25, 0.3) is 5.91 Å². The lowest BCUT2D eigenvalue weighted by atomic mass is 9.82. The molecule has 1 N–H and O–H groups in total. The van der Waals surface area contributed by atoms with Gasteiger partial charge in [-0.25, -0.2) is 4.79 Å². The van der Waals surface area contributed by atoms with E-state index in [1.165, 1.54) is 9.80 Å². The summed E-state index contributed by atoms with van der Waals surface area (Å²) < 4.78 is 5.43. The SMILES string of the molecule is CCOc1ccc(N(CCC#N)C(=O)CCN2C(=O)NC3(CCCCC3)C2=O)cc1. The van der Waals surface area contributed by atoms with Crippen molar-refractivity contribution in [2.24, 2.45) is 0 Å². The fourth-order valence-corrected chi connectivity index (χ4v) is 4.16. The second kappa shape index (κ2) is 9.61. The second-order valence-electron chi connectivity index (χ2n) is 7.66. The molecular weight excluding hydrogens is 384 g/mol. The Morgan fingerprint density at radius 3 is 2.57 bits per heavy atom. The summed E-state index contributed by atoms with van der Waals surface area (Å²) in [6.07, 6.45) is 4.40. The number of urea groups is 1. The van der Waals surface area contributed by atoms with E-state index in [9.17, 15) is 14.4 Å². The summed E-state index contributed by atoms with van der Waals surface area (Å²) in [6.45, 7) is 2.71. The maximum absolute atomic E-state index is 12.9. The quantitative estimate of drug-likeness (QED) is 0.661. The second-order valence-corrected chi connectivity index (χ2v) is 7.66. The van der Waals surface area contributed by atoms with Crippen LogP contribution in [0.2, 0.25) is 0 Å². The highest BCUT2D eigenvalue weighted by Crippen LogP contribution is 2.33. The fourth-order valence-electron chi connectivity index (χ4n) is 4.16. The van der Waals surface area contributed by atoms with Crippen LogP contribution < -0.4 is 15.0 Å². The Hall–Kier alpha value is -3.08. The van der Waals surface area contributed by atoms with Gasteiger partial charge in [0.15, 0.2) is 0 Å². The van der Waals surface area contributed by atoms with Gasteiger partial charge in [-0.1, -0.05) is 19.3 Å². The smallest absolute Gasteiger partial charge is 0.325 e. The van der Waals surface area contributed by atoms with Crippen LogP contribution in [-0.4, -0.2) is 48.0 Å². The summed E-state index contributed by atoms with van der Waals surface area (Å²) in [4.78, 5) is 40.9. The third kappa shape index (κ3) is 4.56. The number of nitrogens with one attached hydrogen (secondary N) is 1. The van der Waals surface area contributed by atoms with Crippen LogP contribution in [0.1, 0.15) is 51.9 Å². The van der Waals surface area contributed by atoms with Crippen LogP contribution in [-0.2, 0) is 9.59 Å². The molecule has 1 saturated carbocycles. The van der Waals surface area contributed by atoms with Crippen LogP contribution in [0.3, 0.4) is 0 Å². The van der Waals surface area contributed by atoms with Crippen LogP contribution in [0, 0.1) is 11.3 Å². The van der Waals surface area contributed by atoms with Crippen molar-refractivity contribution < 1.29 is 19.1 Å². The van der Waals surface area contributed by atoms with Gasteiger partial charge in [-0.3, -0.25) is 14.5 Å². The molecule has 0 radical (unpaired) electrons. The van der Waals surface area contributed by atoms with E-state index in [1.54, 1.807) is 24.3 Å². The van der Waals surface area contributed by atoms with Crippen LogP contribution in [0.15, 0.2) is 24.3 Å². The average molecular weight is 412 g/mol. The molecule has 0 atom stereocenters. The van der Waals surface area contributed by atoms with E-state index in [4.69, 9.17) is 10.00 Å². The van der Waals surface area contributed by atoms with Crippen molar-refractivity contribution in [2.45, 2.75) is 57.4 Å². The lowest BCUT2D eigenvalue weighted by Crippen LogP contribution is -2.48. The highest BCUT2D eigenvalue weighted by Gasteiger charge is 2.51. The fraction of sp³-hybridized carbons (Fsp3) is 0.545. The molecule has 1 aromatic rings. The molecule has 2 fully saturated rings. The largest absolute Gasteiger partial charge is 0.494 e. The molecule has 160 valence electrons. The van der Waals surface area contributed by atoms with Crippen LogP contribution in [0.25, 0.3) is 0 Å². The zero-order valence-corrected chi connectivity index (χ0v) is 17.4. The minimum absolute atomic E-state index is 0.00782. The molecule has 0 aromatic heterocycles. The summed E-state index contributed by atoms with van der Waals surface area (Å²) in [5, 5.41) is 11.8. The van der Waals surface area contributed by atoms with Gasteiger partial charge in [0, 0.05) is 25.2 Å². The van der Waals surface area contributed by atoms with Crippen molar-refractivity contribution in [3.05, 3.63) is 24.3 Å². The molecule has 0 bridgehead atoms. The molecule has 8 heteroatoms. The highest BCUT2D eigenvalue weighted by molar-refractivity contribution is 6.07. The van der Waals surface area contributed by atoms with E-state index in [0.717, 1.165) is 19.3 Å². The first-order valence-electron chi connectivity index (χ1n) is 10.5. The number of rotatable bonds is 8. The van der Waals surface area contributed by atoms with Crippen molar-refractivity contribution in [1.29, 1.82) is 5.26 Å². The number of carbonyl (C=O) groups is 3. The van der Waals surface area contributed by atoms with E-state index >= 15 is 0 Å². The van der Waals surface area contributed by atoms with Gasteiger partial charge >= 0.3 is 6.03 Å². The Morgan fingerprint density at radius 1 is 1.23 bits per heavy atom. The predicted molar refractivity (Wildman–Crippen MR) is 111 cm³/mol. The molecule has 30 heavy (non-hydrogen) atoms. The highest BCUT2D eigenvalue weighted by atomic mass is 16.5. The van der Waals surface area contributed by atoms with Gasteiger partial charge in [0.1, 0.15) is 11.3 Å². The molecule has 8 nitrogen and oxygen atoms in total. The van der Waals surface area contributed by atoms with Gasteiger partial charge in [0.2, 0.25) is 5.91 Å². The normalized spacial score (nSPS) is 17.5. The van der Waals surface area contributed by atoms with Gasteiger partial charge in [-0.2, -0.15) is 5.26 Å². The molecule has 0 unspecified atom stereocenters. The summed E-state index contributed by atoms with van der Waals surface area (Å²) in [5.74, 6) is 0.246. The van der Waals surface area contributed by atoms with Crippen molar-refractivity contribution in [3.63, 3.8) is 0 Å². The van der Waals surface area contributed by atoms with E-state index in [-0.39, 0.29) is 37.7 Å². The van der Waals surface area contributed by atoms with Crippen LogP contribution in [0.5, 0.6) is 5.75 Å². The molecule has 1 spiro atoms. The van der Waals surface area contributed by atoms with Gasteiger partial charge in [0.05, 0.1) is 19.1 Å². The van der Waals surface area contributed by atoms with Crippen molar-refractivity contribution >= 4 is 23.5 Å². The third-order valence-corrected chi connectivity index (χ3v) is 5.71. The summed E-state index contributed by atoms with van der Waals surface area (Å²) in [5.41, 5.74) is -0.131. The predicted octanol–water partition coefficient (Wildman–Crippen LogP) is 2.98. The molecule has 3 rings (SSSR count). The molecule has 1 aliphatic heterocycles. The number of imide groups is 1. The minimum Gasteiger partial charge on any atom is -0.494 e. The first kappa shape index (κ1) is 21.6. The zero-order valence-electron chi connectivity index (χ0n) is 17.4. The Bertz CT molecular complexity index is 825. The average Bonchev–Trinajstić information content (AvgIpc) is 2.97. The summed E-state index contributed by atoms with van der Waals surface area (Å²) in [6, 6.07) is 8.73. The maximum atomic E-state index is 12.9. The molecule has 1 aromatic carbocycles. The van der Waals surface area contributed by atoms with E-state index in [2.05, 4.69) is 11.4 Å². The number of hydrogen-bond donors (Lipinski definition) is 1. The Kier molecular flexibility index (Phi) is 6.93. The summed E-state index contributed by atoms with van der Waals surface area (Å²) in [7, 11) is 0. The first-order valence-corrected chi connectivity index (χ1v) is 10.5. The number of amides is 4.